The molecule has 0 aromatic heterocycles. The van der Waals surface area contributed by atoms with Gasteiger partial charge in [0.05, 0.1) is 0 Å². The Bertz CT molecular complexity index is 486. The van der Waals surface area contributed by atoms with E-state index in [2.05, 4.69) is 85.9 Å². The zero-order valence-corrected chi connectivity index (χ0v) is 20.8. The molecule has 135 valence electrons. The van der Waals surface area contributed by atoms with Crippen LogP contribution in [-0.4, -0.2) is 10.3 Å². The topological polar surface area (TPSA) is 0 Å². The summed E-state index contributed by atoms with van der Waals surface area (Å²) in [6.45, 7) is 14.8. The largest absolute Gasteiger partial charge is 0.147 e. The molecule has 0 spiro atoms. The summed E-state index contributed by atoms with van der Waals surface area (Å²) >= 11 is -3.80. The summed E-state index contributed by atoms with van der Waals surface area (Å²) in [5.41, 5.74) is 0. The Morgan fingerprint density at radius 2 is 1.18 bits per heavy atom. The van der Waals surface area contributed by atoms with Crippen molar-refractivity contribution in [2.75, 3.05) is 0 Å². The second-order valence-corrected chi connectivity index (χ2v) is 53.4. The summed E-state index contributed by atoms with van der Waals surface area (Å²) in [7, 11) is 0. The van der Waals surface area contributed by atoms with Gasteiger partial charge in [-0.1, -0.05) is 0 Å². The van der Waals surface area contributed by atoms with E-state index in [0.717, 1.165) is 6.42 Å². The van der Waals surface area contributed by atoms with Gasteiger partial charge in [-0.15, -0.1) is 24.8 Å². The van der Waals surface area contributed by atoms with Crippen LogP contribution in [0.1, 0.15) is 48.0 Å². The monoisotopic (exact) mass is 405 g/mol. The van der Waals surface area contributed by atoms with E-state index in [-0.39, 0.29) is 30.7 Å². The first kappa shape index (κ1) is 25.4. The molecule has 1 rings (SSSR count). The molecule has 0 aromatic carbocycles. The van der Waals surface area contributed by atoms with Crippen LogP contribution >= 0.6 is 30.7 Å². The molecule has 0 fully saturated rings. The molecule has 0 aliphatic heterocycles. The quantitative estimate of drug-likeness (QED) is 0.318. The molecule has 0 aromatic rings. The third-order valence-corrected chi connectivity index (χ3v) is 35.3. The van der Waals surface area contributed by atoms with E-state index in [1.54, 1.807) is 3.88 Å². The predicted molar refractivity (Wildman–Crippen MR) is 112 cm³/mol. The van der Waals surface area contributed by atoms with Gasteiger partial charge in [0.2, 0.25) is 0 Å². The fourth-order valence-corrected chi connectivity index (χ4v) is 56.1. The van der Waals surface area contributed by atoms with Crippen LogP contribution in [0.4, 0.5) is 0 Å². The Kier molecular flexibility index (Phi) is 5.91. The summed E-state index contributed by atoms with van der Waals surface area (Å²) in [4.78, 5) is 0. The second-order valence-electron chi connectivity index (χ2n) is 13.5. The zero-order chi connectivity index (χ0) is 16.4. The fourth-order valence-electron chi connectivity index (χ4n) is 6.30. The van der Waals surface area contributed by atoms with Crippen molar-refractivity contribution in [1.82, 2.24) is 0 Å². The van der Waals surface area contributed by atoms with Gasteiger partial charge >= 0.3 is 125 Å². The normalized spacial score (nSPS) is 20.9. The number of rotatable bonds is 2. The van der Waals surface area contributed by atoms with Crippen LogP contribution in [0.3, 0.4) is 0 Å². The maximum atomic E-state index is 2.69. The van der Waals surface area contributed by atoms with Gasteiger partial charge in [0.15, 0.2) is 0 Å². The van der Waals surface area contributed by atoms with Crippen LogP contribution in [-0.2, 0) is 12.2 Å². The van der Waals surface area contributed by atoms with Crippen LogP contribution in [0.2, 0.25) is 26.1 Å². The minimum atomic E-state index is -3.80. The van der Waals surface area contributed by atoms with Crippen molar-refractivity contribution in [2.24, 2.45) is 0 Å². The van der Waals surface area contributed by atoms with Gasteiger partial charge in [-0.25, -0.2) is 0 Å². The van der Waals surface area contributed by atoms with E-state index in [4.69, 9.17) is 0 Å². The fraction of sp³-hybridized carbons (Fsp3) is 0.778. The van der Waals surface area contributed by atoms with E-state index in [1.165, 1.54) is 0 Å². The van der Waals surface area contributed by atoms with Gasteiger partial charge in [0.25, 0.3) is 0 Å². The minimum Gasteiger partial charge on any atom is -0.147 e. The first-order chi connectivity index (χ1) is 8.22. The van der Waals surface area contributed by atoms with E-state index in [0.29, 0.717) is 10.3 Å². The van der Waals surface area contributed by atoms with Crippen molar-refractivity contribution >= 4 is 30.7 Å². The van der Waals surface area contributed by atoms with Crippen LogP contribution in [0.25, 0.3) is 0 Å². The number of hydrogen-bond donors (Lipinski definition) is 0. The van der Waals surface area contributed by atoms with Gasteiger partial charge in [-0.3, -0.25) is 0 Å². The Labute approximate surface area is 148 Å². The van der Waals surface area contributed by atoms with Gasteiger partial charge in [-0.2, -0.15) is 0 Å². The van der Waals surface area contributed by atoms with E-state index in [1.807, 2.05) is 0 Å². The second kappa shape index (κ2) is 5.11. The van der Waals surface area contributed by atoms with Gasteiger partial charge < -0.3 is 0 Å². The molecule has 0 bridgehead atoms. The molecule has 0 atom stereocenters. The molecule has 0 amide bonds. The smallest absolute Gasteiger partial charge is 0.147 e. The summed E-state index contributed by atoms with van der Waals surface area (Å²) in [6, 6.07) is 0. The van der Waals surface area contributed by atoms with Crippen molar-refractivity contribution < 1.29 is 12.2 Å². The van der Waals surface area contributed by atoms with Gasteiger partial charge in [0.1, 0.15) is 0 Å². The Morgan fingerprint density at radius 1 is 0.818 bits per heavy atom. The SMILES string of the molecule is CC(C)(C)[P](C(C)(C)C)[Ti]([CH3])([CH3])([CH3])([CH3])([CH3])[C]1=CC=CC1.Cl.Cl. The van der Waals surface area contributed by atoms with E-state index in [9.17, 15) is 0 Å². The molecule has 4 heteroatoms. The molecule has 0 saturated carbocycles. The third kappa shape index (κ3) is 4.43. The standard InChI is InChI=1S/C8H18P.C5H5.5CH3.2ClH.Ti/c1-7(2,3)9-8(4,5)6;1-2-4-5-3-1;;;;;;;;/h1-6H3;1-3H,4H2;5*1H3;2*1H;/q-1;;;;;;;;;+1. The first-order valence-electron chi connectivity index (χ1n) is 8.14. The minimum absolute atomic E-state index is 0. The summed E-state index contributed by atoms with van der Waals surface area (Å²) in [6.07, 6.45) is 8.24. The Morgan fingerprint density at radius 3 is 1.41 bits per heavy atom. The summed E-state index contributed by atoms with van der Waals surface area (Å²) < 4.78 is 1.75. The predicted octanol–water partition coefficient (Wildman–Crippen LogP) is 8.67. The molecule has 0 radical (unpaired) electrons. The average Bonchev–Trinajstić information content (AvgIpc) is 2.41. The zero-order valence-electron chi connectivity index (χ0n) is 16.7. The molecule has 0 heterocycles. The molecule has 22 heavy (non-hydrogen) atoms. The number of halogens is 2. The van der Waals surface area contributed by atoms with Crippen molar-refractivity contribution in [2.45, 2.75) is 84.4 Å². The molecule has 1 aliphatic carbocycles. The maximum Gasteiger partial charge on any atom is -0.147 e. The number of allylic oxidation sites excluding steroid dienone is 4. The van der Waals surface area contributed by atoms with Crippen LogP contribution < -0.4 is 0 Å². The third-order valence-electron chi connectivity index (χ3n) is 5.09. The van der Waals surface area contributed by atoms with Gasteiger partial charge in [-0.05, 0) is 0 Å². The average molecular weight is 406 g/mol. The molecule has 0 unspecified atom stereocenters. The van der Waals surface area contributed by atoms with Crippen LogP contribution in [0.15, 0.2) is 22.1 Å². The molecular weight excluding hydrogens is 366 g/mol. The van der Waals surface area contributed by atoms with Crippen LogP contribution in [0.5, 0.6) is 0 Å². The van der Waals surface area contributed by atoms with Gasteiger partial charge in [0, 0.05) is 0 Å². The molecule has 1 aliphatic rings. The Hall–Kier alpha value is 1.20. The van der Waals surface area contributed by atoms with E-state index < -0.39 is 12.2 Å². The van der Waals surface area contributed by atoms with Crippen molar-refractivity contribution in [1.29, 1.82) is 0 Å². The molecule has 0 nitrogen and oxygen atoms in total. The van der Waals surface area contributed by atoms with Crippen molar-refractivity contribution in [3.8, 4) is 0 Å². The van der Waals surface area contributed by atoms with Crippen molar-refractivity contribution in [3.63, 3.8) is 0 Å². The molecular formula is C18H40Cl2PTi. The number of hydrogen-bond acceptors (Lipinski definition) is 0. The summed E-state index contributed by atoms with van der Waals surface area (Å²) in [5.74, 6) is -0.173. The van der Waals surface area contributed by atoms with Crippen LogP contribution in [0, 0.1) is 0 Å². The Balaban J connectivity index is 0. The first-order valence-corrected chi connectivity index (χ1v) is 20.2. The van der Waals surface area contributed by atoms with Crippen molar-refractivity contribution in [3.05, 3.63) is 22.1 Å². The molecule has 0 saturated heterocycles. The maximum absolute atomic E-state index is 3.80. The summed E-state index contributed by atoms with van der Waals surface area (Å²) in [5, 5.41) is 14.2. The molecule has 0 N–H and O–H groups in total. The van der Waals surface area contributed by atoms with E-state index >= 15 is 0 Å².